The van der Waals surface area contributed by atoms with Gasteiger partial charge in [-0.15, -0.1) is 0 Å². The molecule has 2 unspecified atom stereocenters. The summed E-state index contributed by atoms with van der Waals surface area (Å²) >= 11 is 0. The van der Waals surface area contributed by atoms with Crippen LogP contribution >= 0.6 is 0 Å². The van der Waals surface area contributed by atoms with Gasteiger partial charge in [0.1, 0.15) is 0 Å². The van der Waals surface area contributed by atoms with E-state index in [1.165, 1.54) is 5.56 Å². The van der Waals surface area contributed by atoms with E-state index in [2.05, 4.69) is 5.32 Å². The predicted molar refractivity (Wildman–Crippen MR) is 91.7 cm³/mol. The fourth-order valence-corrected chi connectivity index (χ4v) is 2.38. The lowest BCUT2D eigenvalue weighted by molar-refractivity contribution is -0.148. The molecule has 0 spiro atoms. The summed E-state index contributed by atoms with van der Waals surface area (Å²) in [4.78, 5) is 22.8. The van der Waals surface area contributed by atoms with Crippen LogP contribution in [0.2, 0.25) is 0 Å². The molecule has 0 saturated heterocycles. The molecule has 0 aliphatic heterocycles. The van der Waals surface area contributed by atoms with Gasteiger partial charge in [0.25, 0.3) is 0 Å². The highest BCUT2D eigenvalue weighted by Gasteiger charge is 2.33. The first kappa shape index (κ1) is 20.1. The lowest BCUT2D eigenvalue weighted by Crippen LogP contribution is -2.46. The van der Waals surface area contributed by atoms with Gasteiger partial charge in [-0.1, -0.05) is 30.3 Å². The fourth-order valence-electron chi connectivity index (χ4n) is 2.38. The molecular weight excluding hydrogens is 308 g/mol. The summed E-state index contributed by atoms with van der Waals surface area (Å²) in [5.74, 6) is -1.29. The standard InChI is InChI=1S/C18H28N2O4/c1-13(18(2,3)17(22)23)19-12-15(11-16(21)20-24)10-9-14-7-5-4-6-8-14/h4-8,13,15,19,24H,9-12H2,1-3H3,(H,20,21)(H,22,23). The third kappa shape index (κ3) is 6.29. The summed E-state index contributed by atoms with van der Waals surface area (Å²) in [6.07, 6.45) is 1.78. The first-order chi connectivity index (χ1) is 11.3. The number of carbonyl (C=O) groups is 2. The van der Waals surface area contributed by atoms with Gasteiger partial charge >= 0.3 is 5.97 Å². The van der Waals surface area contributed by atoms with E-state index >= 15 is 0 Å². The number of hydrogen-bond donors (Lipinski definition) is 4. The highest BCUT2D eigenvalue weighted by Crippen LogP contribution is 2.21. The van der Waals surface area contributed by atoms with Crippen LogP contribution in [0.4, 0.5) is 0 Å². The van der Waals surface area contributed by atoms with Crippen molar-refractivity contribution in [1.82, 2.24) is 10.8 Å². The second-order valence-corrected chi connectivity index (χ2v) is 6.79. The summed E-state index contributed by atoms with van der Waals surface area (Å²) in [5.41, 5.74) is 1.96. The van der Waals surface area contributed by atoms with Crippen LogP contribution in [0.1, 0.15) is 39.2 Å². The summed E-state index contributed by atoms with van der Waals surface area (Å²) in [6.45, 7) is 5.69. The number of benzene rings is 1. The zero-order valence-corrected chi connectivity index (χ0v) is 14.6. The Morgan fingerprint density at radius 3 is 2.38 bits per heavy atom. The molecule has 24 heavy (non-hydrogen) atoms. The van der Waals surface area contributed by atoms with Crippen LogP contribution in [0, 0.1) is 11.3 Å². The Morgan fingerprint density at radius 1 is 1.21 bits per heavy atom. The van der Waals surface area contributed by atoms with Gasteiger partial charge in [-0.3, -0.25) is 14.8 Å². The largest absolute Gasteiger partial charge is 0.481 e. The van der Waals surface area contributed by atoms with Crippen LogP contribution in [-0.4, -0.2) is 34.8 Å². The monoisotopic (exact) mass is 336 g/mol. The van der Waals surface area contributed by atoms with E-state index in [9.17, 15) is 14.7 Å². The van der Waals surface area contributed by atoms with Crippen LogP contribution < -0.4 is 10.8 Å². The topological polar surface area (TPSA) is 98.7 Å². The molecule has 6 nitrogen and oxygen atoms in total. The Labute approximate surface area is 143 Å². The van der Waals surface area contributed by atoms with Crippen molar-refractivity contribution in [3.8, 4) is 0 Å². The van der Waals surface area contributed by atoms with Gasteiger partial charge in [-0.25, -0.2) is 5.48 Å². The lowest BCUT2D eigenvalue weighted by atomic mass is 9.85. The molecule has 0 aliphatic carbocycles. The summed E-state index contributed by atoms with van der Waals surface area (Å²) in [7, 11) is 0. The van der Waals surface area contributed by atoms with Gasteiger partial charge in [0.05, 0.1) is 5.41 Å². The quantitative estimate of drug-likeness (QED) is 0.388. The van der Waals surface area contributed by atoms with Gasteiger partial charge < -0.3 is 10.4 Å². The average molecular weight is 336 g/mol. The summed E-state index contributed by atoms with van der Waals surface area (Å²) in [5, 5.41) is 21.3. The van der Waals surface area contributed by atoms with Gasteiger partial charge in [0.15, 0.2) is 0 Å². The Balaban J connectivity index is 2.62. The van der Waals surface area contributed by atoms with Crippen molar-refractivity contribution < 1.29 is 19.9 Å². The molecule has 0 heterocycles. The maximum Gasteiger partial charge on any atom is 0.310 e. The molecule has 134 valence electrons. The van der Waals surface area contributed by atoms with Crippen molar-refractivity contribution in [2.75, 3.05) is 6.54 Å². The molecule has 6 heteroatoms. The predicted octanol–water partition coefficient (Wildman–Crippen LogP) is 2.22. The molecule has 1 amide bonds. The second-order valence-electron chi connectivity index (χ2n) is 6.79. The van der Waals surface area contributed by atoms with E-state index in [-0.39, 0.29) is 18.4 Å². The van der Waals surface area contributed by atoms with Crippen LogP contribution in [0.3, 0.4) is 0 Å². The van der Waals surface area contributed by atoms with Crippen LogP contribution in [0.25, 0.3) is 0 Å². The highest BCUT2D eigenvalue weighted by atomic mass is 16.5. The summed E-state index contributed by atoms with van der Waals surface area (Å²) < 4.78 is 0. The zero-order chi connectivity index (χ0) is 18.2. The van der Waals surface area contributed by atoms with E-state index in [4.69, 9.17) is 5.21 Å². The van der Waals surface area contributed by atoms with E-state index < -0.39 is 17.3 Å². The Kier molecular flexibility index (Phi) is 7.88. The number of aliphatic carboxylic acids is 1. The number of carboxylic acids is 1. The van der Waals surface area contributed by atoms with Crippen molar-refractivity contribution >= 4 is 11.9 Å². The third-order valence-electron chi connectivity index (χ3n) is 4.63. The molecule has 0 aliphatic rings. The number of hydroxylamine groups is 1. The molecule has 1 aromatic carbocycles. The first-order valence-corrected chi connectivity index (χ1v) is 8.21. The van der Waals surface area contributed by atoms with E-state index in [1.54, 1.807) is 19.3 Å². The number of carbonyl (C=O) groups excluding carboxylic acids is 1. The van der Waals surface area contributed by atoms with Gasteiger partial charge in [0, 0.05) is 12.5 Å². The molecular formula is C18H28N2O4. The van der Waals surface area contributed by atoms with Crippen molar-refractivity contribution in [1.29, 1.82) is 0 Å². The number of nitrogens with one attached hydrogen (secondary N) is 2. The third-order valence-corrected chi connectivity index (χ3v) is 4.63. The van der Waals surface area contributed by atoms with Crippen LogP contribution in [0.15, 0.2) is 30.3 Å². The van der Waals surface area contributed by atoms with Gasteiger partial charge in [-0.2, -0.15) is 0 Å². The van der Waals surface area contributed by atoms with Crippen molar-refractivity contribution in [2.24, 2.45) is 11.3 Å². The maximum absolute atomic E-state index is 11.5. The minimum Gasteiger partial charge on any atom is -0.481 e. The SMILES string of the molecule is CC(NCC(CCc1ccccc1)CC(=O)NO)C(C)(C)C(=O)O. The van der Waals surface area contributed by atoms with Crippen LogP contribution in [-0.2, 0) is 16.0 Å². The Bertz CT molecular complexity index is 531. The summed E-state index contributed by atoms with van der Waals surface area (Å²) in [6, 6.07) is 9.73. The average Bonchev–Trinajstić information content (AvgIpc) is 2.57. The molecule has 0 bridgehead atoms. The molecule has 1 rings (SSSR count). The Hall–Kier alpha value is -1.92. The number of carboxylic acid groups (broad SMARTS) is 1. The second kappa shape index (κ2) is 9.39. The number of amides is 1. The normalized spacial score (nSPS) is 14.0. The van der Waals surface area contributed by atoms with Gasteiger partial charge in [-0.05, 0) is 51.6 Å². The molecule has 0 saturated carbocycles. The smallest absolute Gasteiger partial charge is 0.310 e. The van der Waals surface area contributed by atoms with Crippen molar-refractivity contribution in [3.63, 3.8) is 0 Å². The Morgan fingerprint density at radius 2 is 1.83 bits per heavy atom. The van der Waals surface area contributed by atoms with E-state index in [0.29, 0.717) is 6.54 Å². The molecule has 1 aromatic rings. The molecule has 2 atom stereocenters. The number of hydrogen-bond acceptors (Lipinski definition) is 4. The van der Waals surface area contributed by atoms with Crippen molar-refractivity contribution in [3.05, 3.63) is 35.9 Å². The van der Waals surface area contributed by atoms with E-state index in [0.717, 1.165) is 12.8 Å². The highest BCUT2D eigenvalue weighted by molar-refractivity contribution is 5.75. The van der Waals surface area contributed by atoms with Crippen LogP contribution in [0.5, 0.6) is 0 Å². The molecule has 0 radical (unpaired) electrons. The lowest BCUT2D eigenvalue weighted by Gasteiger charge is -2.29. The van der Waals surface area contributed by atoms with Gasteiger partial charge in [0.2, 0.25) is 5.91 Å². The molecule has 4 N–H and O–H groups in total. The molecule has 0 aromatic heterocycles. The fraction of sp³-hybridized carbons (Fsp3) is 0.556. The van der Waals surface area contributed by atoms with E-state index in [1.807, 2.05) is 37.3 Å². The first-order valence-electron chi connectivity index (χ1n) is 8.21. The van der Waals surface area contributed by atoms with Crippen molar-refractivity contribution in [2.45, 2.75) is 46.1 Å². The number of aryl methyl sites for hydroxylation is 1. The zero-order valence-electron chi connectivity index (χ0n) is 14.6. The molecule has 0 fully saturated rings. The minimum absolute atomic E-state index is 0.00408. The minimum atomic E-state index is -0.900. The maximum atomic E-state index is 11.5. The number of rotatable bonds is 10.